The Morgan fingerprint density at radius 1 is 1.16 bits per heavy atom. The first-order chi connectivity index (χ1) is 15.0. The molecule has 0 saturated heterocycles. The van der Waals surface area contributed by atoms with Crippen LogP contribution < -0.4 is 5.73 Å². The maximum absolute atomic E-state index is 13.3. The number of thiazole rings is 1. The first-order valence-electron chi connectivity index (χ1n) is 9.57. The lowest BCUT2D eigenvalue weighted by Crippen LogP contribution is -2.41. The Balaban J connectivity index is 0.000000730. The number of nitrogen functional groups attached to an aromatic ring is 1. The van der Waals surface area contributed by atoms with Crippen LogP contribution in [0.5, 0.6) is 0 Å². The summed E-state index contributed by atoms with van der Waals surface area (Å²) in [5.41, 5.74) is 8.21. The van der Waals surface area contributed by atoms with Gasteiger partial charge in [0, 0.05) is 12.1 Å². The second-order valence-electron chi connectivity index (χ2n) is 6.87. The fourth-order valence-electron chi connectivity index (χ4n) is 3.64. The Kier molecular flexibility index (Phi) is 5.63. The summed E-state index contributed by atoms with van der Waals surface area (Å²) in [4.78, 5) is 32.6. The minimum absolute atomic E-state index is 0.0303. The number of hydrogen-bond donors (Lipinski definition) is 2. The van der Waals surface area contributed by atoms with Gasteiger partial charge in [-0.1, -0.05) is 47.7 Å². The third-order valence-electron chi connectivity index (χ3n) is 5.05. The van der Waals surface area contributed by atoms with E-state index in [4.69, 9.17) is 20.6 Å². The van der Waals surface area contributed by atoms with Crippen LogP contribution in [0, 0.1) is 0 Å². The molecular weight excluding hydrogens is 416 g/mol. The van der Waals surface area contributed by atoms with Gasteiger partial charge in [-0.2, -0.15) is 5.10 Å². The van der Waals surface area contributed by atoms with Crippen molar-refractivity contribution in [2.75, 3.05) is 12.3 Å². The molecule has 0 bridgehead atoms. The molecule has 0 fully saturated rings. The molecule has 4 aromatic rings. The third kappa shape index (κ3) is 3.84. The molecule has 10 heteroatoms. The van der Waals surface area contributed by atoms with Crippen molar-refractivity contribution in [3.63, 3.8) is 0 Å². The van der Waals surface area contributed by atoms with Gasteiger partial charge in [0.15, 0.2) is 11.0 Å². The van der Waals surface area contributed by atoms with E-state index in [1.54, 1.807) is 0 Å². The maximum atomic E-state index is 13.3. The lowest BCUT2D eigenvalue weighted by molar-refractivity contribution is -0.122. The van der Waals surface area contributed by atoms with Gasteiger partial charge in [0.2, 0.25) is 0 Å². The molecule has 0 spiro atoms. The highest BCUT2D eigenvalue weighted by atomic mass is 32.1. The molecule has 0 aliphatic carbocycles. The number of aromatic nitrogens is 4. The number of amides is 1. The number of hydrogen-bond acceptors (Lipinski definition) is 7. The highest BCUT2D eigenvalue weighted by Gasteiger charge is 2.32. The van der Waals surface area contributed by atoms with Gasteiger partial charge in [-0.3, -0.25) is 9.59 Å². The Morgan fingerprint density at radius 3 is 2.65 bits per heavy atom. The van der Waals surface area contributed by atoms with E-state index >= 15 is 0 Å². The maximum Gasteiger partial charge on any atom is 0.290 e. The van der Waals surface area contributed by atoms with E-state index in [2.05, 4.69) is 10.1 Å². The zero-order valence-corrected chi connectivity index (χ0v) is 17.5. The number of fused-ring (bicyclic) bond motifs is 2. The van der Waals surface area contributed by atoms with Crippen LogP contribution in [-0.4, -0.2) is 48.7 Å². The monoisotopic (exact) mass is 436 g/mol. The van der Waals surface area contributed by atoms with Crippen molar-refractivity contribution < 1.29 is 14.7 Å². The molecule has 158 valence electrons. The van der Waals surface area contributed by atoms with Crippen molar-refractivity contribution in [1.29, 1.82) is 0 Å². The SMILES string of the molecule is C[C@H]1c2nc(-c3ccccc3)nn2CCN1C(=O)c1cccc2nc(N)sc12.O=CO. The average Bonchev–Trinajstić information content (AvgIpc) is 3.38. The zero-order chi connectivity index (χ0) is 22.0. The molecule has 1 aliphatic heterocycles. The number of anilines is 1. The largest absolute Gasteiger partial charge is 0.483 e. The summed E-state index contributed by atoms with van der Waals surface area (Å²) in [6.07, 6.45) is 0. The van der Waals surface area contributed by atoms with E-state index in [-0.39, 0.29) is 18.4 Å². The molecule has 3 heterocycles. The molecule has 1 aliphatic rings. The highest BCUT2D eigenvalue weighted by Crippen LogP contribution is 2.32. The predicted molar refractivity (Wildman–Crippen MR) is 118 cm³/mol. The molecular formula is C21H20N6O3S. The Hall–Kier alpha value is -3.79. The Morgan fingerprint density at radius 2 is 1.90 bits per heavy atom. The molecule has 3 N–H and O–H groups in total. The minimum Gasteiger partial charge on any atom is -0.483 e. The first-order valence-corrected chi connectivity index (χ1v) is 10.4. The average molecular weight is 436 g/mol. The molecule has 0 unspecified atom stereocenters. The van der Waals surface area contributed by atoms with E-state index in [1.807, 2.05) is 65.0 Å². The standard InChI is InChI=1S/C20H18N6OS.CH2O2/c1-12-18-23-17(13-6-3-2-4-7-13)24-26(18)11-10-25(12)19(27)14-8-5-9-15-16(14)28-20(21)22-15;2-1-3/h2-9,12H,10-11H2,1H3,(H2,21,22);1H,(H,2,3)/t12-;/m0./s1. The van der Waals surface area contributed by atoms with Crippen molar-refractivity contribution in [3.05, 3.63) is 59.9 Å². The van der Waals surface area contributed by atoms with Crippen LogP contribution in [0.3, 0.4) is 0 Å². The molecule has 31 heavy (non-hydrogen) atoms. The molecule has 2 aromatic carbocycles. The molecule has 1 atom stereocenters. The lowest BCUT2D eigenvalue weighted by atomic mass is 10.1. The second-order valence-corrected chi connectivity index (χ2v) is 7.90. The number of carboxylic acid groups (broad SMARTS) is 1. The summed E-state index contributed by atoms with van der Waals surface area (Å²) in [7, 11) is 0. The topological polar surface area (TPSA) is 127 Å². The summed E-state index contributed by atoms with van der Waals surface area (Å²) >= 11 is 1.35. The summed E-state index contributed by atoms with van der Waals surface area (Å²) in [5, 5.41) is 12.0. The molecule has 5 rings (SSSR count). The molecule has 0 saturated carbocycles. The van der Waals surface area contributed by atoms with Gasteiger partial charge in [-0.15, -0.1) is 0 Å². The van der Waals surface area contributed by atoms with E-state index in [1.165, 1.54) is 11.3 Å². The van der Waals surface area contributed by atoms with Gasteiger partial charge in [-0.25, -0.2) is 14.6 Å². The van der Waals surface area contributed by atoms with E-state index in [9.17, 15) is 4.79 Å². The zero-order valence-electron chi connectivity index (χ0n) is 16.7. The Labute approximate surface area is 181 Å². The van der Waals surface area contributed by atoms with Crippen molar-refractivity contribution in [2.45, 2.75) is 19.5 Å². The Bertz CT molecular complexity index is 1240. The van der Waals surface area contributed by atoms with Crippen LogP contribution in [0.1, 0.15) is 29.1 Å². The lowest BCUT2D eigenvalue weighted by Gasteiger charge is -2.33. The molecule has 9 nitrogen and oxygen atoms in total. The van der Waals surface area contributed by atoms with Gasteiger partial charge in [0.25, 0.3) is 12.4 Å². The fourth-order valence-corrected chi connectivity index (χ4v) is 4.48. The van der Waals surface area contributed by atoms with E-state index in [0.717, 1.165) is 21.6 Å². The number of benzene rings is 2. The van der Waals surface area contributed by atoms with Gasteiger partial charge >= 0.3 is 0 Å². The summed E-state index contributed by atoms with van der Waals surface area (Å²) in [6, 6.07) is 15.3. The summed E-state index contributed by atoms with van der Waals surface area (Å²) in [5.74, 6) is 1.46. The predicted octanol–water partition coefficient (Wildman–Crippen LogP) is 3.05. The van der Waals surface area contributed by atoms with Gasteiger partial charge < -0.3 is 15.7 Å². The van der Waals surface area contributed by atoms with Gasteiger partial charge in [0.05, 0.1) is 28.4 Å². The minimum atomic E-state index is -0.250. The molecule has 1 amide bonds. The quantitative estimate of drug-likeness (QED) is 0.462. The number of nitrogens with two attached hydrogens (primary N) is 1. The van der Waals surface area contributed by atoms with Crippen LogP contribution in [0.4, 0.5) is 5.13 Å². The van der Waals surface area contributed by atoms with Gasteiger partial charge in [0.1, 0.15) is 5.82 Å². The van der Waals surface area contributed by atoms with Crippen molar-refractivity contribution in [1.82, 2.24) is 24.6 Å². The number of carbonyl (C=O) groups excluding carboxylic acids is 1. The highest BCUT2D eigenvalue weighted by molar-refractivity contribution is 7.22. The van der Waals surface area contributed by atoms with Crippen LogP contribution in [0.15, 0.2) is 48.5 Å². The fraction of sp³-hybridized carbons (Fsp3) is 0.190. The number of rotatable bonds is 2. The van der Waals surface area contributed by atoms with Crippen LogP contribution in [-0.2, 0) is 11.3 Å². The van der Waals surface area contributed by atoms with Crippen LogP contribution in [0.2, 0.25) is 0 Å². The van der Waals surface area contributed by atoms with E-state index < -0.39 is 0 Å². The van der Waals surface area contributed by atoms with Crippen molar-refractivity contribution in [3.8, 4) is 11.4 Å². The normalized spacial score (nSPS) is 15.1. The molecule has 2 aromatic heterocycles. The molecule has 0 radical (unpaired) electrons. The summed E-state index contributed by atoms with van der Waals surface area (Å²) < 4.78 is 2.73. The van der Waals surface area contributed by atoms with E-state index in [0.29, 0.717) is 29.6 Å². The second kappa shape index (κ2) is 8.52. The van der Waals surface area contributed by atoms with Crippen molar-refractivity contribution in [2.24, 2.45) is 0 Å². The smallest absolute Gasteiger partial charge is 0.290 e. The van der Waals surface area contributed by atoms with Crippen LogP contribution in [0.25, 0.3) is 21.6 Å². The van der Waals surface area contributed by atoms with Crippen molar-refractivity contribution >= 4 is 39.1 Å². The first kappa shape index (κ1) is 20.5. The number of nitrogens with zero attached hydrogens (tertiary/aromatic N) is 5. The van der Waals surface area contributed by atoms with Crippen LogP contribution >= 0.6 is 11.3 Å². The number of carbonyl (C=O) groups is 2. The summed E-state index contributed by atoms with van der Waals surface area (Å²) in [6.45, 7) is 2.94. The third-order valence-corrected chi connectivity index (χ3v) is 5.98. The van der Waals surface area contributed by atoms with Gasteiger partial charge in [-0.05, 0) is 19.1 Å².